The molecule has 12 rings (SSSR count). The predicted molar refractivity (Wildman–Crippen MR) is 234 cm³/mol. The Bertz CT molecular complexity index is 3320. The zero-order chi connectivity index (χ0) is 36.0. The summed E-state index contributed by atoms with van der Waals surface area (Å²) in [7, 11) is 8.77. The molecule has 0 aliphatic heterocycles. The van der Waals surface area contributed by atoms with Crippen LogP contribution in [0.2, 0.25) is 0 Å². The Balaban J connectivity index is 0.895. The van der Waals surface area contributed by atoms with Gasteiger partial charge in [0, 0.05) is 135 Å². The van der Waals surface area contributed by atoms with Gasteiger partial charge in [0.15, 0.2) is 0 Å². The van der Waals surface area contributed by atoms with Gasteiger partial charge in [0.1, 0.15) is 0 Å². The number of fused-ring (bicyclic) bond motifs is 12. The van der Waals surface area contributed by atoms with E-state index in [1.54, 1.807) is 0 Å². The first-order valence-corrected chi connectivity index (χ1v) is 20.0. The predicted octanol–water partition coefficient (Wildman–Crippen LogP) is 13.4. The van der Waals surface area contributed by atoms with Gasteiger partial charge in [0.2, 0.25) is 0 Å². The van der Waals surface area contributed by atoms with Crippen molar-refractivity contribution in [3.05, 3.63) is 133 Å². The molecule has 0 unspecified atom stereocenters. The Labute approximate surface area is 318 Å². The molecule has 258 valence electrons. The van der Waals surface area contributed by atoms with Gasteiger partial charge in [-0.2, -0.15) is 0 Å². The second-order valence-electron chi connectivity index (χ2n) is 14.8. The van der Waals surface area contributed by atoms with E-state index in [2.05, 4.69) is 180 Å². The first-order chi connectivity index (χ1) is 26.4. The van der Waals surface area contributed by atoms with Gasteiger partial charge in [0.25, 0.3) is 0 Å². The Kier molecular flexibility index (Phi) is 6.05. The van der Waals surface area contributed by atoms with E-state index in [0.717, 1.165) is 0 Å². The fourth-order valence-corrected chi connectivity index (χ4v) is 11.4. The van der Waals surface area contributed by atoms with Gasteiger partial charge >= 0.3 is 0 Å². The molecule has 0 aliphatic rings. The number of aryl methyl sites for hydroxylation is 4. The Morgan fingerprint density at radius 1 is 0.278 bits per heavy atom. The molecule has 4 nitrogen and oxygen atoms in total. The zero-order valence-corrected chi connectivity index (χ0v) is 31.9. The lowest BCUT2D eigenvalue weighted by atomic mass is 10.1. The van der Waals surface area contributed by atoms with E-state index in [9.17, 15) is 0 Å². The van der Waals surface area contributed by atoms with Gasteiger partial charge in [0.05, 0.1) is 0 Å². The van der Waals surface area contributed by atoms with E-state index in [4.69, 9.17) is 0 Å². The maximum atomic E-state index is 2.38. The van der Waals surface area contributed by atoms with Crippen molar-refractivity contribution in [2.45, 2.75) is 0 Å². The van der Waals surface area contributed by atoms with Crippen LogP contribution in [0.25, 0.3) is 118 Å². The molecule has 0 atom stereocenters. The summed E-state index contributed by atoms with van der Waals surface area (Å²) in [5, 5.41) is 10.4. The summed E-state index contributed by atoms with van der Waals surface area (Å²) in [4.78, 5) is 5.20. The van der Waals surface area contributed by atoms with Crippen LogP contribution >= 0.6 is 22.7 Å². The van der Waals surface area contributed by atoms with Crippen molar-refractivity contribution < 1.29 is 0 Å². The summed E-state index contributed by atoms with van der Waals surface area (Å²) < 4.78 is 9.38. The zero-order valence-electron chi connectivity index (χ0n) is 30.3. The number of hydrogen-bond acceptors (Lipinski definition) is 2. The Hall–Kier alpha value is -6.08. The van der Waals surface area contributed by atoms with Crippen molar-refractivity contribution >= 4 is 110 Å². The largest absolute Gasteiger partial charge is 0.344 e. The van der Waals surface area contributed by atoms with Crippen LogP contribution in [0, 0.1) is 0 Å². The highest BCUT2D eigenvalue weighted by molar-refractivity contribution is 7.25. The molecule has 0 N–H and O–H groups in total. The molecule has 0 saturated heterocycles. The summed E-state index contributed by atoms with van der Waals surface area (Å²) in [6, 6.07) is 50.1. The lowest BCUT2D eigenvalue weighted by molar-refractivity contribution is 1.01. The molecule has 0 radical (unpaired) electrons. The van der Waals surface area contributed by atoms with Crippen molar-refractivity contribution in [1.29, 1.82) is 0 Å². The van der Waals surface area contributed by atoms with Gasteiger partial charge in [-0.15, -0.1) is 22.7 Å². The van der Waals surface area contributed by atoms with E-state index in [0.29, 0.717) is 0 Å². The van der Waals surface area contributed by atoms with Gasteiger partial charge in [-0.05, 0) is 83.9 Å². The summed E-state index contributed by atoms with van der Waals surface area (Å²) in [5.74, 6) is 0. The van der Waals surface area contributed by atoms with E-state index >= 15 is 0 Å². The molecular weight excluding hydrogens is 697 g/mol. The molecule has 0 bridgehead atoms. The second kappa shape index (κ2) is 10.8. The third kappa shape index (κ3) is 4.01. The Morgan fingerprint density at radius 2 is 0.593 bits per heavy atom. The molecule has 6 aromatic carbocycles. The number of benzene rings is 6. The second-order valence-corrected chi connectivity index (χ2v) is 17.0. The monoisotopic (exact) mass is 730 g/mol. The van der Waals surface area contributed by atoms with E-state index < -0.39 is 0 Å². The van der Waals surface area contributed by atoms with E-state index in [1.807, 2.05) is 22.7 Å². The lowest BCUT2D eigenvalue weighted by Crippen LogP contribution is -1.88. The van der Waals surface area contributed by atoms with Crippen LogP contribution in [-0.4, -0.2) is 18.3 Å². The average Bonchev–Trinajstić information content (AvgIpc) is 4.07. The molecule has 0 spiro atoms. The molecular formula is C48H34N4S2. The minimum atomic E-state index is 1.26. The van der Waals surface area contributed by atoms with Crippen LogP contribution in [-0.2, 0) is 28.2 Å². The standard InChI is InChI=1S/C48H34N4S2/c1-49-37-11-7-5-9-29(37)33-23-43-35(25-41(33)49)31-15-13-27(21-39(31)51(43)3)45-17-19-47(53-45)48-20-18-46(54-48)28-14-16-32-36-26-42-34(24-44(36)52(4)40(32)22-28)30-10-6-8-12-38(30)50(42)2/h5-26H,1-4H3. The van der Waals surface area contributed by atoms with Crippen LogP contribution < -0.4 is 0 Å². The summed E-state index contributed by atoms with van der Waals surface area (Å²) in [5.41, 5.74) is 12.7. The number of para-hydroxylation sites is 2. The first kappa shape index (κ1) is 30.4. The maximum absolute atomic E-state index is 2.38. The van der Waals surface area contributed by atoms with Crippen molar-refractivity contribution in [1.82, 2.24) is 18.3 Å². The van der Waals surface area contributed by atoms with Crippen LogP contribution in [0.1, 0.15) is 0 Å². The molecule has 0 amide bonds. The number of aromatic nitrogens is 4. The van der Waals surface area contributed by atoms with Crippen molar-refractivity contribution in [3.8, 4) is 30.6 Å². The van der Waals surface area contributed by atoms with Gasteiger partial charge in [-0.25, -0.2) is 0 Å². The van der Waals surface area contributed by atoms with E-state index in [1.165, 1.54) is 118 Å². The van der Waals surface area contributed by atoms with Gasteiger partial charge in [-0.3, -0.25) is 0 Å². The number of rotatable bonds is 3. The lowest BCUT2D eigenvalue weighted by Gasteiger charge is -2.02. The number of nitrogens with zero attached hydrogens (tertiary/aromatic N) is 4. The topological polar surface area (TPSA) is 19.7 Å². The number of thiophene rings is 2. The fraction of sp³-hybridized carbons (Fsp3) is 0.0833. The molecule has 0 aliphatic carbocycles. The van der Waals surface area contributed by atoms with Crippen molar-refractivity contribution in [2.24, 2.45) is 28.2 Å². The van der Waals surface area contributed by atoms with E-state index in [-0.39, 0.29) is 0 Å². The maximum Gasteiger partial charge on any atom is 0.0496 e. The van der Waals surface area contributed by atoms with Crippen LogP contribution in [0.3, 0.4) is 0 Å². The highest BCUT2D eigenvalue weighted by Gasteiger charge is 2.18. The highest BCUT2D eigenvalue weighted by Crippen LogP contribution is 2.44. The quantitative estimate of drug-likeness (QED) is 0.172. The third-order valence-corrected chi connectivity index (χ3v) is 14.6. The van der Waals surface area contributed by atoms with Crippen molar-refractivity contribution in [2.75, 3.05) is 0 Å². The van der Waals surface area contributed by atoms with Crippen LogP contribution in [0.15, 0.2) is 133 Å². The van der Waals surface area contributed by atoms with Gasteiger partial charge in [-0.1, -0.05) is 60.7 Å². The van der Waals surface area contributed by atoms with Gasteiger partial charge < -0.3 is 18.3 Å². The smallest absolute Gasteiger partial charge is 0.0496 e. The molecule has 54 heavy (non-hydrogen) atoms. The minimum absolute atomic E-state index is 1.26. The van der Waals surface area contributed by atoms with Crippen molar-refractivity contribution in [3.63, 3.8) is 0 Å². The number of hydrogen-bond donors (Lipinski definition) is 0. The molecule has 6 heteroatoms. The Morgan fingerprint density at radius 3 is 1.00 bits per heavy atom. The van der Waals surface area contributed by atoms with Crippen LogP contribution in [0.4, 0.5) is 0 Å². The summed E-state index contributed by atoms with van der Waals surface area (Å²) in [6.07, 6.45) is 0. The molecule has 6 aromatic heterocycles. The average molecular weight is 731 g/mol. The van der Waals surface area contributed by atoms with Crippen LogP contribution in [0.5, 0.6) is 0 Å². The normalized spacial score (nSPS) is 12.4. The molecule has 0 saturated carbocycles. The summed E-state index contributed by atoms with van der Waals surface area (Å²) >= 11 is 3.76. The third-order valence-electron chi connectivity index (χ3n) is 12.1. The molecule has 0 fully saturated rings. The summed E-state index contributed by atoms with van der Waals surface area (Å²) in [6.45, 7) is 0. The minimum Gasteiger partial charge on any atom is -0.344 e. The molecule has 6 heterocycles. The first-order valence-electron chi connectivity index (χ1n) is 18.4. The SMILES string of the molecule is Cn1c2ccccc2c2cc3c(cc21)c1ccc(-c2ccc(-c4ccc(-c5ccc6c7cc8c(cc7n(C)c6c5)c5ccccc5n8C)s4)s2)cc1n3C. The molecule has 12 aromatic rings. The highest BCUT2D eigenvalue weighted by atomic mass is 32.1. The fourth-order valence-electron chi connectivity index (χ4n) is 9.26.